The highest BCUT2D eigenvalue weighted by molar-refractivity contribution is 5.99. The van der Waals surface area contributed by atoms with Crippen LogP contribution in [0.4, 0.5) is 4.39 Å². The number of aromatic amines is 2. The molecule has 7 heteroatoms. The first-order chi connectivity index (χ1) is 18.9. The molecule has 4 aromatic heterocycles. The van der Waals surface area contributed by atoms with Crippen molar-refractivity contribution in [3.05, 3.63) is 109 Å². The minimum Gasteiger partial charge on any atom is -0.359 e. The largest absolute Gasteiger partial charge is 0.359 e. The second-order valence-corrected chi connectivity index (χ2v) is 9.85. The molecule has 6 nitrogen and oxygen atoms in total. The average molecular weight is 519 g/mol. The highest BCUT2D eigenvalue weighted by atomic mass is 19.1. The molecule has 5 aromatic rings. The van der Waals surface area contributed by atoms with E-state index in [1.54, 1.807) is 18.3 Å². The van der Waals surface area contributed by atoms with Gasteiger partial charge in [0, 0.05) is 34.1 Å². The molecule has 0 aliphatic rings. The molecule has 1 aromatic carbocycles. The van der Waals surface area contributed by atoms with Gasteiger partial charge in [-0.1, -0.05) is 45.2 Å². The Labute approximate surface area is 227 Å². The third-order valence-electron chi connectivity index (χ3n) is 6.42. The monoisotopic (exact) mass is 518 g/mol. The lowest BCUT2D eigenvalue weighted by atomic mass is 10.1. The molecule has 0 aliphatic carbocycles. The maximum Gasteiger partial charge on any atom is 0.135 e. The number of pyridine rings is 2. The van der Waals surface area contributed by atoms with Crippen molar-refractivity contribution in [3.8, 4) is 22.6 Å². The van der Waals surface area contributed by atoms with Gasteiger partial charge in [-0.25, -0.2) is 9.37 Å². The predicted molar refractivity (Wildman–Crippen MR) is 158 cm³/mol. The molecule has 0 saturated carbocycles. The minimum atomic E-state index is -0.301. The van der Waals surface area contributed by atoms with Crippen molar-refractivity contribution in [1.82, 2.24) is 30.5 Å². The van der Waals surface area contributed by atoms with Gasteiger partial charge in [0.1, 0.15) is 17.0 Å². The van der Waals surface area contributed by atoms with Crippen molar-refractivity contribution in [1.29, 1.82) is 0 Å². The summed E-state index contributed by atoms with van der Waals surface area (Å²) in [6.45, 7) is 14.4. The summed E-state index contributed by atoms with van der Waals surface area (Å²) >= 11 is 0. The van der Waals surface area contributed by atoms with Gasteiger partial charge in [0.2, 0.25) is 0 Å². The molecule has 0 atom stereocenters. The van der Waals surface area contributed by atoms with E-state index in [0.29, 0.717) is 22.9 Å². The molecule has 4 heterocycles. The number of hydrogen-bond donors (Lipinski definition) is 3. The van der Waals surface area contributed by atoms with E-state index in [1.807, 2.05) is 49.4 Å². The summed E-state index contributed by atoms with van der Waals surface area (Å²) in [7, 11) is 0. The van der Waals surface area contributed by atoms with Gasteiger partial charge in [-0.2, -0.15) is 5.10 Å². The predicted octanol–water partition coefficient (Wildman–Crippen LogP) is 7.93. The third-order valence-corrected chi connectivity index (χ3v) is 6.42. The Morgan fingerprint density at radius 1 is 1.10 bits per heavy atom. The summed E-state index contributed by atoms with van der Waals surface area (Å²) in [6.07, 6.45) is 8.41. The summed E-state index contributed by atoms with van der Waals surface area (Å²) in [5.41, 5.74) is 8.90. The number of benzene rings is 1. The van der Waals surface area contributed by atoms with Gasteiger partial charge in [0.15, 0.2) is 0 Å². The van der Waals surface area contributed by atoms with Gasteiger partial charge in [-0.15, -0.1) is 0 Å². The molecule has 0 spiro atoms. The summed E-state index contributed by atoms with van der Waals surface area (Å²) in [4.78, 5) is 13.0. The van der Waals surface area contributed by atoms with Gasteiger partial charge < -0.3 is 10.3 Å². The molecule has 5 rings (SSSR count). The molecule has 0 amide bonds. The van der Waals surface area contributed by atoms with E-state index in [1.165, 1.54) is 12.1 Å². The second-order valence-electron chi connectivity index (χ2n) is 9.85. The lowest BCUT2D eigenvalue weighted by molar-refractivity contribution is 0.622. The van der Waals surface area contributed by atoms with Crippen LogP contribution < -0.4 is 5.32 Å². The first-order valence-corrected chi connectivity index (χ1v) is 12.9. The second kappa shape index (κ2) is 10.9. The molecule has 0 fully saturated rings. The van der Waals surface area contributed by atoms with Crippen molar-refractivity contribution in [2.75, 3.05) is 0 Å². The Kier molecular flexibility index (Phi) is 7.23. The number of fused-ring (bicyclic) bond motifs is 2. The highest BCUT2D eigenvalue weighted by Gasteiger charge is 2.16. The van der Waals surface area contributed by atoms with Crippen molar-refractivity contribution in [2.24, 2.45) is 5.92 Å². The zero-order chi connectivity index (χ0) is 27.5. The summed E-state index contributed by atoms with van der Waals surface area (Å²) in [5.74, 6) is 0.205. The van der Waals surface area contributed by atoms with Crippen LogP contribution in [0.3, 0.4) is 0 Å². The Morgan fingerprint density at radius 3 is 2.69 bits per heavy atom. The Morgan fingerprint density at radius 2 is 1.95 bits per heavy atom. The van der Waals surface area contributed by atoms with Crippen molar-refractivity contribution < 1.29 is 4.39 Å². The quantitative estimate of drug-likeness (QED) is 0.173. The van der Waals surface area contributed by atoms with Gasteiger partial charge in [0.05, 0.1) is 22.6 Å². The van der Waals surface area contributed by atoms with Gasteiger partial charge >= 0.3 is 0 Å². The Hall–Kier alpha value is -4.78. The van der Waals surface area contributed by atoms with Crippen LogP contribution in [0.15, 0.2) is 97.5 Å². The summed E-state index contributed by atoms with van der Waals surface area (Å²) in [5, 5.41) is 11.9. The molecule has 3 N–H and O–H groups in total. The van der Waals surface area contributed by atoms with Crippen LogP contribution in [0, 0.1) is 11.7 Å². The van der Waals surface area contributed by atoms with E-state index < -0.39 is 0 Å². The SMILES string of the molecule is C=C/C(=C\C(=C/C)c1ccc2[nH]nc(-c3cc4c(-c5cccc(F)c5)nccc4[nH]3)c2n1)NC(=C)CC(C)C. The highest BCUT2D eigenvalue weighted by Crippen LogP contribution is 2.33. The maximum atomic E-state index is 13.9. The van der Waals surface area contributed by atoms with Crippen molar-refractivity contribution >= 4 is 27.5 Å². The number of nitrogens with zero attached hydrogens (tertiary/aromatic N) is 3. The Balaban J connectivity index is 1.53. The van der Waals surface area contributed by atoms with Crippen LogP contribution >= 0.6 is 0 Å². The summed E-state index contributed by atoms with van der Waals surface area (Å²) < 4.78 is 13.9. The smallest absolute Gasteiger partial charge is 0.135 e. The van der Waals surface area contributed by atoms with Gasteiger partial charge in [-0.3, -0.25) is 10.1 Å². The number of H-pyrrole nitrogens is 2. The molecule has 196 valence electrons. The number of nitrogens with one attached hydrogen (secondary N) is 3. The third kappa shape index (κ3) is 5.43. The van der Waals surface area contributed by atoms with Crippen LogP contribution in [0.5, 0.6) is 0 Å². The molecular weight excluding hydrogens is 487 g/mol. The van der Waals surface area contributed by atoms with E-state index in [0.717, 1.165) is 56.7 Å². The maximum absolute atomic E-state index is 13.9. The first kappa shape index (κ1) is 25.9. The summed E-state index contributed by atoms with van der Waals surface area (Å²) in [6, 6.07) is 14.3. The number of aromatic nitrogens is 5. The lowest BCUT2D eigenvalue weighted by Gasteiger charge is -2.13. The minimum absolute atomic E-state index is 0.301. The first-order valence-electron chi connectivity index (χ1n) is 12.9. The molecule has 0 bridgehead atoms. The standard InChI is InChI=1S/C32H31FN6/c1-6-21(17-24(7-2)35-20(5)15-19(3)4)26-11-12-28-31(37-26)32(39-38-28)29-18-25-27(36-29)13-14-34-30(25)22-9-8-10-23(33)16-22/h6-14,16-19,35-36H,2,5,15H2,1,3-4H3,(H,38,39)/b21-6+,24-17+. The van der Waals surface area contributed by atoms with Crippen LogP contribution in [0.25, 0.3) is 50.2 Å². The van der Waals surface area contributed by atoms with Crippen LogP contribution in [0.1, 0.15) is 32.9 Å². The number of rotatable bonds is 9. The normalized spacial score (nSPS) is 12.4. The molecule has 0 unspecified atom stereocenters. The fraction of sp³-hybridized carbons (Fsp3) is 0.156. The zero-order valence-electron chi connectivity index (χ0n) is 22.3. The molecule has 0 radical (unpaired) electrons. The molecule has 39 heavy (non-hydrogen) atoms. The molecule has 0 saturated heterocycles. The average Bonchev–Trinajstić information content (AvgIpc) is 3.54. The van der Waals surface area contributed by atoms with E-state index in [9.17, 15) is 4.39 Å². The lowest BCUT2D eigenvalue weighted by Crippen LogP contribution is -2.12. The van der Waals surface area contributed by atoms with E-state index in [4.69, 9.17) is 4.98 Å². The van der Waals surface area contributed by atoms with Gasteiger partial charge in [0.25, 0.3) is 0 Å². The van der Waals surface area contributed by atoms with Crippen LogP contribution in [-0.2, 0) is 0 Å². The van der Waals surface area contributed by atoms with Crippen molar-refractivity contribution in [2.45, 2.75) is 27.2 Å². The van der Waals surface area contributed by atoms with Crippen LogP contribution in [-0.4, -0.2) is 25.1 Å². The zero-order valence-corrected chi connectivity index (χ0v) is 22.3. The van der Waals surface area contributed by atoms with E-state index >= 15 is 0 Å². The Bertz CT molecular complexity index is 1750. The fourth-order valence-corrected chi connectivity index (χ4v) is 4.66. The van der Waals surface area contributed by atoms with Gasteiger partial charge in [-0.05, 0) is 73.4 Å². The molecular formula is C32H31FN6. The van der Waals surface area contributed by atoms with E-state index in [-0.39, 0.29) is 5.82 Å². The van der Waals surface area contributed by atoms with Crippen LogP contribution in [0.2, 0.25) is 0 Å². The van der Waals surface area contributed by atoms with Crippen molar-refractivity contribution in [3.63, 3.8) is 0 Å². The number of halogens is 1. The number of allylic oxidation sites excluding steroid dienone is 5. The molecule has 0 aliphatic heterocycles. The van der Waals surface area contributed by atoms with E-state index in [2.05, 4.69) is 52.5 Å². The fourth-order valence-electron chi connectivity index (χ4n) is 4.66. The number of hydrogen-bond acceptors (Lipinski definition) is 4. The topological polar surface area (TPSA) is 82.3 Å².